The summed E-state index contributed by atoms with van der Waals surface area (Å²) in [6, 6.07) is 0.475. The molecule has 134 valence electrons. The maximum absolute atomic E-state index is 12.8. The standard InChI is InChI=1S/C18H28N4O.ClH/c1-22-16-7-3-6-15(14(16)10-20-22)21-18(23)13-8-11-4-2-5-12(9-13)17(11)19;/h10-13,15,17H,2-9,19H2,1H3,(H,21,23);1H. The van der Waals surface area contributed by atoms with Crippen molar-refractivity contribution in [2.75, 3.05) is 0 Å². The first kappa shape index (κ1) is 17.7. The van der Waals surface area contributed by atoms with Gasteiger partial charge in [0.1, 0.15) is 0 Å². The summed E-state index contributed by atoms with van der Waals surface area (Å²) in [6.07, 6.45) is 10.8. The Hall–Kier alpha value is -1.07. The van der Waals surface area contributed by atoms with Crippen LogP contribution in [0.1, 0.15) is 62.2 Å². The van der Waals surface area contributed by atoms with Gasteiger partial charge in [-0.05, 0) is 56.8 Å². The van der Waals surface area contributed by atoms with Crippen molar-refractivity contribution in [2.24, 2.45) is 30.5 Å². The molecule has 0 aliphatic heterocycles. The minimum atomic E-state index is 0. The van der Waals surface area contributed by atoms with Crippen molar-refractivity contribution in [3.05, 3.63) is 17.5 Å². The van der Waals surface area contributed by atoms with E-state index in [9.17, 15) is 4.79 Å². The molecule has 1 heterocycles. The smallest absolute Gasteiger partial charge is 0.223 e. The first-order chi connectivity index (χ1) is 11.1. The van der Waals surface area contributed by atoms with Crippen molar-refractivity contribution < 1.29 is 4.79 Å². The van der Waals surface area contributed by atoms with Crippen molar-refractivity contribution >= 4 is 18.3 Å². The molecule has 0 spiro atoms. The van der Waals surface area contributed by atoms with Gasteiger partial charge in [0.05, 0.1) is 12.2 Å². The average molecular weight is 353 g/mol. The molecule has 2 bridgehead atoms. The van der Waals surface area contributed by atoms with Gasteiger partial charge in [-0.25, -0.2) is 0 Å². The van der Waals surface area contributed by atoms with E-state index in [0.717, 1.165) is 32.1 Å². The Labute approximate surface area is 150 Å². The summed E-state index contributed by atoms with van der Waals surface area (Å²) in [5, 5.41) is 7.70. The van der Waals surface area contributed by atoms with Crippen molar-refractivity contribution in [3.63, 3.8) is 0 Å². The molecule has 6 heteroatoms. The Balaban J connectivity index is 0.00000169. The number of nitrogens with one attached hydrogen (secondary N) is 1. The van der Waals surface area contributed by atoms with Crippen LogP contribution in [0, 0.1) is 17.8 Å². The van der Waals surface area contributed by atoms with Gasteiger partial charge in [-0.2, -0.15) is 5.10 Å². The molecule has 4 rings (SSSR count). The van der Waals surface area contributed by atoms with Crippen LogP contribution in [0.3, 0.4) is 0 Å². The van der Waals surface area contributed by atoms with Gasteiger partial charge in [-0.1, -0.05) is 6.42 Å². The predicted molar refractivity (Wildman–Crippen MR) is 95.8 cm³/mol. The number of aromatic nitrogens is 2. The van der Waals surface area contributed by atoms with Crippen LogP contribution < -0.4 is 11.1 Å². The van der Waals surface area contributed by atoms with Crippen molar-refractivity contribution in [2.45, 2.75) is 63.5 Å². The fourth-order valence-corrected chi connectivity index (χ4v) is 5.15. The minimum Gasteiger partial charge on any atom is -0.349 e. The molecule has 3 aliphatic rings. The first-order valence-corrected chi connectivity index (χ1v) is 9.20. The molecule has 3 atom stereocenters. The first-order valence-electron chi connectivity index (χ1n) is 9.20. The number of hydrogen-bond donors (Lipinski definition) is 2. The molecule has 0 aromatic carbocycles. The van der Waals surface area contributed by atoms with Gasteiger partial charge in [0, 0.05) is 30.3 Å². The van der Waals surface area contributed by atoms with Crippen LogP contribution in [-0.2, 0) is 18.3 Å². The summed E-state index contributed by atoms with van der Waals surface area (Å²) in [5.74, 6) is 1.51. The van der Waals surface area contributed by atoms with Crippen LogP contribution in [-0.4, -0.2) is 21.7 Å². The van der Waals surface area contributed by atoms with Crippen LogP contribution in [0.25, 0.3) is 0 Å². The Bertz CT molecular complexity index is 588. The molecule has 24 heavy (non-hydrogen) atoms. The van der Waals surface area contributed by atoms with Gasteiger partial charge >= 0.3 is 0 Å². The van der Waals surface area contributed by atoms with E-state index < -0.39 is 0 Å². The third kappa shape index (κ3) is 3.08. The van der Waals surface area contributed by atoms with E-state index in [1.807, 2.05) is 17.9 Å². The maximum atomic E-state index is 12.8. The zero-order valence-electron chi connectivity index (χ0n) is 14.4. The highest BCUT2D eigenvalue weighted by molar-refractivity contribution is 5.85. The molecule has 0 saturated heterocycles. The number of amides is 1. The topological polar surface area (TPSA) is 72.9 Å². The molecular formula is C18H29ClN4O. The molecule has 0 radical (unpaired) electrons. The predicted octanol–water partition coefficient (Wildman–Crippen LogP) is 2.49. The number of halogens is 1. The quantitative estimate of drug-likeness (QED) is 0.858. The van der Waals surface area contributed by atoms with Crippen molar-refractivity contribution in [1.29, 1.82) is 0 Å². The summed E-state index contributed by atoms with van der Waals surface area (Å²) >= 11 is 0. The molecule has 3 N–H and O–H groups in total. The fourth-order valence-electron chi connectivity index (χ4n) is 5.15. The van der Waals surface area contributed by atoms with Crippen molar-refractivity contribution in [1.82, 2.24) is 15.1 Å². The van der Waals surface area contributed by atoms with Gasteiger partial charge in [0.25, 0.3) is 0 Å². The minimum absolute atomic E-state index is 0. The van der Waals surface area contributed by atoms with E-state index in [4.69, 9.17) is 5.73 Å². The van der Waals surface area contributed by atoms with Crippen LogP contribution in [0.2, 0.25) is 0 Å². The SMILES string of the molecule is Cl.Cn1ncc2c1CCCC2NC(=O)C1CC2CCCC(C1)C2N. The van der Waals surface area contributed by atoms with E-state index in [1.165, 1.54) is 30.5 Å². The molecule has 5 nitrogen and oxygen atoms in total. The fraction of sp³-hybridized carbons (Fsp3) is 0.778. The molecule has 2 saturated carbocycles. The lowest BCUT2D eigenvalue weighted by Gasteiger charge is -2.43. The van der Waals surface area contributed by atoms with E-state index in [2.05, 4.69) is 10.4 Å². The van der Waals surface area contributed by atoms with Crippen LogP contribution in [0.15, 0.2) is 6.20 Å². The van der Waals surface area contributed by atoms with Gasteiger partial charge in [0.2, 0.25) is 5.91 Å². The molecule has 2 fully saturated rings. The van der Waals surface area contributed by atoms with Crippen LogP contribution in [0.5, 0.6) is 0 Å². The molecule has 1 aromatic heterocycles. The van der Waals surface area contributed by atoms with Crippen molar-refractivity contribution in [3.8, 4) is 0 Å². The number of carbonyl (C=O) groups is 1. The summed E-state index contributed by atoms with van der Waals surface area (Å²) in [6.45, 7) is 0. The second-order valence-corrected chi connectivity index (χ2v) is 7.82. The average Bonchev–Trinajstić information content (AvgIpc) is 2.89. The highest BCUT2D eigenvalue weighted by atomic mass is 35.5. The normalized spacial score (nSPS) is 34.8. The number of nitrogens with zero attached hydrogens (tertiary/aromatic N) is 2. The number of fused-ring (bicyclic) bond motifs is 3. The summed E-state index contributed by atoms with van der Waals surface area (Å²) in [7, 11) is 1.99. The van der Waals surface area contributed by atoms with Gasteiger partial charge in [-0.3, -0.25) is 9.48 Å². The monoisotopic (exact) mass is 352 g/mol. The third-order valence-electron chi connectivity index (χ3n) is 6.48. The van der Waals surface area contributed by atoms with Gasteiger partial charge < -0.3 is 11.1 Å². The molecule has 1 aromatic rings. The van der Waals surface area contributed by atoms with Crippen LogP contribution >= 0.6 is 12.4 Å². The highest BCUT2D eigenvalue weighted by Gasteiger charge is 2.41. The number of nitrogens with two attached hydrogens (primary N) is 1. The lowest BCUT2D eigenvalue weighted by Crippen LogP contribution is -2.49. The Kier molecular flexibility index (Phi) is 5.21. The molecular weight excluding hydrogens is 324 g/mol. The second kappa shape index (κ2) is 7.04. The number of hydrogen-bond acceptors (Lipinski definition) is 3. The number of rotatable bonds is 2. The zero-order valence-corrected chi connectivity index (χ0v) is 15.2. The zero-order chi connectivity index (χ0) is 16.0. The van der Waals surface area contributed by atoms with E-state index in [0.29, 0.717) is 17.9 Å². The Morgan fingerprint density at radius 2 is 1.96 bits per heavy atom. The number of carbonyl (C=O) groups excluding carboxylic acids is 1. The maximum Gasteiger partial charge on any atom is 0.223 e. The Morgan fingerprint density at radius 3 is 2.67 bits per heavy atom. The lowest BCUT2D eigenvalue weighted by atomic mass is 9.65. The highest BCUT2D eigenvalue weighted by Crippen LogP contribution is 2.42. The Morgan fingerprint density at radius 1 is 1.25 bits per heavy atom. The molecule has 3 aliphatic carbocycles. The molecule has 1 amide bonds. The summed E-state index contributed by atoms with van der Waals surface area (Å²) in [5.41, 5.74) is 8.86. The second-order valence-electron chi connectivity index (χ2n) is 7.82. The molecule has 3 unspecified atom stereocenters. The van der Waals surface area contributed by atoms with Gasteiger partial charge in [-0.15, -0.1) is 12.4 Å². The third-order valence-corrected chi connectivity index (χ3v) is 6.48. The van der Waals surface area contributed by atoms with E-state index >= 15 is 0 Å². The summed E-state index contributed by atoms with van der Waals surface area (Å²) < 4.78 is 1.96. The lowest BCUT2D eigenvalue weighted by molar-refractivity contribution is -0.128. The number of aryl methyl sites for hydroxylation is 1. The van der Waals surface area contributed by atoms with E-state index in [-0.39, 0.29) is 30.3 Å². The largest absolute Gasteiger partial charge is 0.349 e. The van der Waals surface area contributed by atoms with E-state index in [1.54, 1.807) is 0 Å². The van der Waals surface area contributed by atoms with Crippen LogP contribution in [0.4, 0.5) is 0 Å². The van der Waals surface area contributed by atoms with Gasteiger partial charge in [0.15, 0.2) is 0 Å². The summed E-state index contributed by atoms with van der Waals surface area (Å²) in [4.78, 5) is 12.8.